The van der Waals surface area contributed by atoms with Crippen molar-refractivity contribution in [1.82, 2.24) is 4.31 Å². The van der Waals surface area contributed by atoms with Gasteiger partial charge in [0.1, 0.15) is 0 Å². The molecule has 2 aliphatic rings. The Labute approximate surface area is 195 Å². The molecule has 4 rings (SSSR count). The van der Waals surface area contributed by atoms with Crippen LogP contribution in [0.4, 0.5) is 11.4 Å². The summed E-state index contributed by atoms with van der Waals surface area (Å²) in [6, 6.07) is 12.2. The van der Waals surface area contributed by atoms with Gasteiger partial charge < -0.3 is 10.2 Å². The second-order valence-electron chi connectivity index (χ2n) is 8.54. The number of amides is 1. The minimum atomic E-state index is -3.47. The number of sulfonamides is 1. The van der Waals surface area contributed by atoms with Gasteiger partial charge in [0.15, 0.2) is 0 Å². The van der Waals surface area contributed by atoms with Crippen LogP contribution >= 0.6 is 11.6 Å². The SMILES string of the molecule is O=C(Cc1ccc(S(=O)(=O)N2CCCCC2)cc1)Nc1cc(Cl)ccc1N1CCCCC1. The van der Waals surface area contributed by atoms with Crippen LogP contribution in [0.1, 0.15) is 44.1 Å². The number of carbonyl (C=O) groups is 1. The summed E-state index contributed by atoms with van der Waals surface area (Å²) in [6.45, 7) is 3.09. The number of hydrogen-bond acceptors (Lipinski definition) is 4. The molecule has 8 heteroatoms. The number of halogens is 1. The summed E-state index contributed by atoms with van der Waals surface area (Å²) < 4.78 is 27.2. The molecule has 0 bridgehead atoms. The summed E-state index contributed by atoms with van der Waals surface area (Å²) in [5.41, 5.74) is 2.47. The zero-order valence-electron chi connectivity index (χ0n) is 18.2. The lowest BCUT2D eigenvalue weighted by Crippen LogP contribution is -2.35. The molecule has 2 aromatic carbocycles. The van der Waals surface area contributed by atoms with E-state index in [4.69, 9.17) is 11.6 Å². The van der Waals surface area contributed by atoms with Crippen molar-refractivity contribution in [3.05, 3.63) is 53.1 Å². The van der Waals surface area contributed by atoms with E-state index < -0.39 is 10.0 Å². The minimum Gasteiger partial charge on any atom is -0.370 e. The molecule has 32 heavy (non-hydrogen) atoms. The van der Waals surface area contributed by atoms with E-state index in [1.54, 1.807) is 34.6 Å². The largest absolute Gasteiger partial charge is 0.370 e. The number of nitrogens with zero attached hydrogens (tertiary/aromatic N) is 2. The van der Waals surface area contributed by atoms with Crippen LogP contribution in [0.2, 0.25) is 5.02 Å². The summed E-state index contributed by atoms with van der Waals surface area (Å²) in [6.07, 6.45) is 6.56. The van der Waals surface area contributed by atoms with Crippen molar-refractivity contribution in [3.8, 4) is 0 Å². The molecule has 2 aromatic rings. The van der Waals surface area contributed by atoms with Gasteiger partial charge in [0.05, 0.1) is 22.7 Å². The van der Waals surface area contributed by atoms with Gasteiger partial charge in [-0.15, -0.1) is 0 Å². The highest BCUT2D eigenvalue weighted by Crippen LogP contribution is 2.31. The lowest BCUT2D eigenvalue weighted by molar-refractivity contribution is -0.115. The van der Waals surface area contributed by atoms with Gasteiger partial charge in [-0.1, -0.05) is 30.2 Å². The van der Waals surface area contributed by atoms with E-state index in [0.717, 1.165) is 56.4 Å². The van der Waals surface area contributed by atoms with Crippen LogP contribution in [-0.2, 0) is 21.2 Å². The van der Waals surface area contributed by atoms with Gasteiger partial charge in [-0.25, -0.2) is 8.42 Å². The van der Waals surface area contributed by atoms with E-state index >= 15 is 0 Å². The lowest BCUT2D eigenvalue weighted by atomic mass is 10.1. The van der Waals surface area contributed by atoms with Crippen LogP contribution in [0, 0.1) is 0 Å². The third-order valence-electron chi connectivity index (χ3n) is 6.17. The molecule has 2 fully saturated rings. The Morgan fingerprint density at radius 1 is 0.875 bits per heavy atom. The summed E-state index contributed by atoms with van der Waals surface area (Å²) in [7, 11) is -3.47. The van der Waals surface area contributed by atoms with E-state index in [1.165, 1.54) is 6.42 Å². The molecular weight excluding hydrogens is 446 g/mol. The molecule has 2 saturated heterocycles. The van der Waals surface area contributed by atoms with Gasteiger partial charge >= 0.3 is 0 Å². The summed E-state index contributed by atoms with van der Waals surface area (Å²) in [5, 5.41) is 3.58. The average molecular weight is 476 g/mol. The molecule has 1 N–H and O–H groups in total. The van der Waals surface area contributed by atoms with Gasteiger partial charge in [-0.05, 0) is 68.0 Å². The Hall–Kier alpha value is -2.09. The number of hydrogen-bond donors (Lipinski definition) is 1. The Morgan fingerprint density at radius 3 is 2.16 bits per heavy atom. The highest BCUT2D eigenvalue weighted by Gasteiger charge is 2.25. The Balaban J connectivity index is 1.43. The maximum atomic E-state index is 12.8. The highest BCUT2D eigenvalue weighted by molar-refractivity contribution is 7.89. The monoisotopic (exact) mass is 475 g/mol. The average Bonchev–Trinajstić information content (AvgIpc) is 2.81. The zero-order valence-corrected chi connectivity index (χ0v) is 19.8. The Bertz CT molecular complexity index is 1040. The third kappa shape index (κ3) is 5.45. The first kappa shape index (κ1) is 23.1. The second kappa shape index (κ2) is 10.2. The molecule has 0 saturated carbocycles. The van der Waals surface area contributed by atoms with Gasteiger partial charge in [0.2, 0.25) is 15.9 Å². The molecule has 2 heterocycles. The van der Waals surface area contributed by atoms with E-state index in [2.05, 4.69) is 10.2 Å². The number of piperidine rings is 2. The zero-order chi connectivity index (χ0) is 22.6. The standard InChI is InChI=1S/C24H30ClN3O3S/c25-20-9-12-23(27-13-3-1-4-14-27)22(18-20)26-24(29)17-19-7-10-21(11-8-19)32(30,31)28-15-5-2-6-16-28/h7-12,18H,1-6,13-17H2,(H,26,29). The number of rotatable bonds is 6. The first-order valence-electron chi connectivity index (χ1n) is 11.4. The molecule has 0 radical (unpaired) electrons. The Kier molecular flexibility index (Phi) is 7.38. The molecule has 0 spiro atoms. The minimum absolute atomic E-state index is 0.155. The first-order valence-corrected chi connectivity index (χ1v) is 13.2. The molecule has 0 aliphatic carbocycles. The van der Waals surface area contributed by atoms with Gasteiger partial charge in [0, 0.05) is 31.2 Å². The molecule has 2 aliphatic heterocycles. The van der Waals surface area contributed by atoms with E-state index in [0.29, 0.717) is 23.8 Å². The van der Waals surface area contributed by atoms with Crippen LogP contribution in [0.15, 0.2) is 47.4 Å². The fourth-order valence-corrected chi connectivity index (χ4v) is 6.12. The molecule has 0 aromatic heterocycles. The van der Waals surface area contributed by atoms with Gasteiger partial charge in [0.25, 0.3) is 0 Å². The molecule has 6 nitrogen and oxygen atoms in total. The van der Waals surface area contributed by atoms with Crippen molar-refractivity contribution in [2.45, 2.75) is 49.8 Å². The van der Waals surface area contributed by atoms with Crippen molar-refractivity contribution < 1.29 is 13.2 Å². The van der Waals surface area contributed by atoms with Gasteiger partial charge in [-0.2, -0.15) is 4.31 Å². The summed E-state index contributed by atoms with van der Waals surface area (Å²) in [4.78, 5) is 15.3. The van der Waals surface area contributed by atoms with Crippen molar-refractivity contribution >= 4 is 38.9 Å². The topological polar surface area (TPSA) is 69.7 Å². The highest BCUT2D eigenvalue weighted by atomic mass is 35.5. The van der Waals surface area contributed by atoms with Crippen LogP contribution in [0.3, 0.4) is 0 Å². The normalized spacial score (nSPS) is 17.8. The molecule has 172 valence electrons. The van der Waals surface area contributed by atoms with Crippen molar-refractivity contribution in [1.29, 1.82) is 0 Å². The van der Waals surface area contributed by atoms with Crippen LogP contribution in [0.5, 0.6) is 0 Å². The van der Waals surface area contributed by atoms with E-state index in [9.17, 15) is 13.2 Å². The number of nitrogens with one attached hydrogen (secondary N) is 1. The maximum Gasteiger partial charge on any atom is 0.243 e. The van der Waals surface area contributed by atoms with Crippen LogP contribution in [-0.4, -0.2) is 44.8 Å². The fourth-order valence-electron chi connectivity index (χ4n) is 4.43. The predicted octanol–water partition coefficient (Wildman–Crippen LogP) is 4.69. The van der Waals surface area contributed by atoms with E-state index in [-0.39, 0.29) is 17.2 Å². The molecule has 0 unspecified atom stereocenters. The quantitative estimate of drug-likeness (QED) is 0.658. The van der Waals surface area contributed by atoms with Crippen molar-refractivity contribution in [2.75, 3.05) is 36.4 Å². The lowest BCUT2D eigenvalue weighted by Gasteiger charge is -2.30. The summed E-state index contributed by atoms with van der Waals surface area (Å²) in [5.74, 6) is -0.155. The van der Waals surface area contributed by atoms with Crippen molar-refractivity contribution in [3.63, 3.8) is 0 Å². The Morgan fingerprint density at radius 2 is 1.50 bits per heavy atom. The summed E-state index contributed by atoms with van der Waals surface area (Å²) >= 11 is 6.19. The first-order chi connectivity index (χ1) is 15.4. The van der Waals surface area contributed by atoms with Gasteiger partial charge in [-0.3, -0.25) is 4.79 Å². The predicted molar refractivity (Wildman–Crippen MR) is 129 cm³/mol. The molecule has 1 amide bonds. The van der Waals surface area contributed by atoms with E-state index in [1.807, 2.05) is 12.1 Å². The van der Waals surface area contributed by atoms with Crippen LogP contribution in [0.25, 0.3) is 0 Å². The maximum absolute atomic E-state index is 12.8. The third-order valence-corrected chi connectivity index (χ3v) is 8.32. The second-order valence-corrected chi connectivity index (χ2v) is 10.9. The number of benzene rings is 2. The fraction of sp³-hybridized carbons (Fsp3) is 0.458. The van der Waals surface area contributed by atoms with Crippen LogP contribution < -0.4 is 10.2 Å². The molecule has 0 atom stereocenters. The molecular formula is C24H30ClN3O3S. The number of anilines is 2. The smallest absolute Gasteiger partial charge is 0.243 e. The number of carbonyl (C=O) groups excluding carboxylic acids is 1. The van der Waals surface area contributed by atoms with Crippen molar-refractivity contribution in [2.24, 2.45) is 0 Å².